The van der Waals surface area contributed by atoms with Crippen LogP contribution in [-0.4, -0.2) is 68.0 Å². The Hall–Kier alpha value is -5.20. The summed E-state index contributed by atoms with van der Waals surface area (Å²) in [4.78, 5) is 51.6. The number of hydrogen-bond donors (Lipinski definition) is 1. The van der Waals surface area contributed by atoms with Crippen LogP contribution in [0.2, 0.25) is 0 Å². The molecule has 244 valence electrons. The number of carbonyl (C=O) groups excluding carboxylic acids is 4. The number of carbonyl (C=O) groups is 4. The number of methoxy groups -OCH3 is 4. The number of benzene rings is 2. The molecule has 0 atom stereocenters. The summed E-state index contributed by atoms with van der Waals surface area (Å²) in [6.07, 6.45) is 7.33. The first-order valence-corrected chi connectivity index (χ1v) is 13.5. The van der Waals surface area contributed by atoms with E-state index in [9.17, 15) is 19.2 Å². The minimum Gasteiger partial charge on any atom is -0.507 e. The molecule has 0 bridgehead atoms. The zero-order chi connectivity index (χ0) is 33.2. The maximum atomic E-state index is 11.4. The number of ether oxygens (including phenoxy) is 5. The fourth-order valence-corrected chi connectivity index (χ4v) is 3.52. The van der Waals surface area contributed by atoms with E-state index < -0.39 is 11.9 Å². The molecule has 0 aliphatic rings. The summed E-state index contributed by atoms with van der Waals surface area (Å²) in [5.74, 6) is 1.02. The number of aromatic hydroxyl groups is 1. The highest BCUT2D eigenvalue weighted by Crippen LogP contribution is 2.24. The largest absolute Gasteiger partial charge is 0.507 e. The number of phenolic OH excluding ortho intramolecular Hbond substituents is 1. The molecule has 2 heterocycles. The number of alkyl halides is 1. The Kier molecular flexibility index (Phi) is 17.5. The molecule has 0 amide bonds. The Morgan fingerprint density at radius 3 is 1.74 bits per heavy atom. The molecule has 0 spiro atoms. The van der Waals surface area contributed by atoms with Gasteiger partial charge in [0.1, 0.15) is 29.6 Å². The van der Waals surface area contributed by atoms with Gasteiger partial charge in [0.15, 0.2) is 12.6 Å². The van der Waals surface area contributed by atoms with Crippen LogP contribution in [0.3, 0.4) is 0 Å². The summed E-state index contributed by atoms with van der Waals surface area (Å²) in [5, 5.41) is 9.04. The van der Waals surface area contributed by atoms with Gasteiger partial charge in [-0.15, -0.1) is 24.0 Å². The van der Waals surface area contributed by atoms with Gasteiger partial charge in [-0.1, -0.05) is 0 Å². The summed E-state index contributed by atoms with van der Waals surface area (Å²) < 4.78 is 24.6. The van der Waals surface area contributed by atoms with Gasteiger partial charge in [-0.2, -0.15) is 0 Å². The number of pyridine rings is 2. The van der Waals surface area contributed by atoms with Crippen LogP contribution >= 0.6 is 24.0 Å². The molecule has 0 aliphatic heterocycles. The predicted octanol–water partition coefficient (Wildman–Crippen LogP) is 5.51. The van der Waals surface area contributed by atoms with Crippen LogP contribution in [0.5, 0.6) is 23.0 Å². The van der Waals surface area contributed by atoms with Crippen molar-refractivity contribution in [3.63, 3.8) is 0 Å². The van der Waals surface area contributed by atoms with Crippen molar-refractivity contribution in [1.29, 1.82) is 0 Å². The van der Waals surface area contributed by atoms with Crippen LogP contribution in [-0.2, 0) is 22.0 Å². The highest BCUT2D eigenvalue weighted by atomic mass is 35.5. The Bertz CT molecular complexity index is 1600. The quantitative estimate of drug-likeness (QED) is 0.128. The van der Waals surface area contributed by atoms with E-state index in [1.165, 1.54) is 53.0 Å². The van der Waals surface area contributed by atoms with E-state index in [4.69, 9.17) is 30.9 Å². The molecule has 0 aliphatic carbocycles. The van der Waals surface area contributed by atoms with E-state index in [0.717, 1.165) is 5.56 Å². The number of hydrogen-bond acceptors (Lipinski definition) is 12. The average Bonchev–Trinajstić information content (AvgIpc) is 3.10. The minimum absolute atomic E-state index is 0. The van der Waals surface area contributed by atoms with Crippen molar-refractivity contribution in [3.05, 3.63) is 107 Å². The van der Waals surface area contributed by atoms with Crippen LogP contribution in [0.1, 0.15) is 52.6 Å². The van der Waals surface area contributed by atoms with Gasteiger partial charge < -0.3 is 28.8 Å². The average molecular weight is 676 g/mol. The molecule has 4 aromatic rings. The Morgan fingerprint density at radius 1 is 0.739 bits per heavy atom. The maximum absolute atomic E-state index is 11.4. The third-order valence-electron chi connectivity index (χ3n) is 5.69. The molecule has 14 heteroatoms. The van der Waals surface area contributed by atoms with Crippen molar-refractivity contribution in [2.24, 2.45) is 0 Å². The second-order valence-electron chi connectivity index (χ2n) is 8.63. The van der Waals surface area contributed by atoms with Gasteiger partial charge in [0, 0.05) is 36.2 Å². The highest BCUT2D eigenvalue weighted by molar-refractivity contribution is 6.17. The van der Waals surface area contributed by atoms with E-state index in [1.807, 2.05) is 0 Å². The Balaban J connectivity index is 0.000000374. The van der Waals surface area contributed by atoms with Crippen molar-refractivity contribution in [2.45, 2.75) is 12.5 Å². The van der Waals surface area contributed by atoms with Crippen molar-refractivity contribution in [3.8, 4) is 23.0 Å². The maximum Gasteiger partial charge on any atom is 0.339 e. The molecule has 0 fully saturated rings. The van der Waals surface area contributed by atoms with Gasteiger partial charge in [0.2, 0.25) is 0 Å². The minimum atomic E-state index is -0.465. The zero-order valence-electron chi connectivity index (χ0n) is 25.3. The SMILES string of the molecule is COC(=O)c1cncc(CCl)c1.COC(=O)c1cncc(COc2ccc(OC)cc2C=O)c1.COc1ccc(O)c(C=O)c1.Cl. The first-order valence-electron chi connectivity index (χ1n) is 12.9. The van der Waals surface area contributed by atoms with E-state index in [0.29, 0.717) is 58.0 Å². The molecule has 0 radical (unpaired) electrons. The van der Waals surface area contributed by atoms with Crippen molar-refractivity contribution < 1.29 is 48.0 Å². The second-order valence-corrected chi connectivity index (χ2v) is 8.90. The summed E-state index contributed by atoms with van der Waals surface area (Å²) in [6.45, 7) is 0.172. The summed E-state index contributed by atoms with van der Waals surface area (Å²) in [7, 11) is 5.66. The van der Waals surface area contributed by atoms with Crippen molar-refractivity contribution in [1.82, 2.24) is 9.97 Å². The lowest BCUT2D eigenvalue weighted by Gasteiger charge is -2.10. The fraction of sp³-hybridized carbons (Fsp3) is 0.188. The first-order chi connectivity index (χ1) is 21.7. The number of aldehydes is 2. The zero-order valence-corrected chi connectivity index (χ0v) is 26.9. The fourth-order valence-electron chi connectivity index (χ4n) is 3.38. The van der Waals surface area contributed by atoms with Crippen LogP contribution in [0.25, 0.3) is 0 Å². The normalized spacial score (nSPS) is 9.41. The topological polar surface area (TPSA) is 160 Å². The number of halogens is 2. The lowest BCUT2D eigenvalue weighted by Crippen LogP contribution is -2.05. The monoisotopic (exact) mass is 674 g/mol. The molecular weight excluding hydrogens is 643 g/mol. The standard InChI is InChI=1S/C16H15NO5.C8H8ClNO2.C8H8O3.ClH/c1-20-14-3-4-15(13(6-14)9-18)22-10-11-5-12(8-17-7-11)16(19)21-2;1-12-8(11)7-2-6(3-9)4-10-5-7;1-11-7-2-3-8(10)6(4-7)5-9;/h3-9H,10H2,1-2H3;2,4-5H,3H2,1H3;2-5,10H,1H3;1H. The van der Waals surface area contributed by atoms with Crippen LogP contribution < -0.4 is 14.2 Å². The van der Waals surface area contributed by atoms with Gasteiger partial charge in [-0.25, -0.2) is 9.59 Å². The third kappa shape index (κ3) is 12.1. The molecule has 1 N–H and O–H groups in total. The van der Waals surface area contributed by atoms with Crippen LogP contribution in [0.4, 0.5) is 0 Å². The van der Waals surface area contributed by atoms with Crippen LogP contribution in [0.15, 0.2) is 73.3 Å². The Labute approximate surface area is 276 Å². The number of esters is 2. The first kappa shape index (κ1) is 38.8. The van der Waals surface area contributed by atoms with Crippen molar-refractivity contribution in [2.75, 3.05) is 28.4 Å². The summed E-state index contributed by atoms with van der Waals surface area (Å²) in [5.41, 5.74) is 2.89. The van der Waals surface area contributed by atoms with Gasteiger partial charge in [-0.05, 0) is 54.1 Å². The number of aromatic nitrogens is 2. The third-order valence-corrected chi connectivity index (χ3v) is 5.99. The number of phenols is 1. The number of rotatable bonds is 10. The molecule has 2 aromatic carbocycles. The van der Waals surface area contributed by atoms with Crippen molar-refractivity contribution >= 4 is 48.5 Å². The molecular formula is C32H32Cl2N2O10. The molecule has 0 saturated heterocycles. The Morgan fingerprint density at radius 2 is 1.24 bits per heavy atom. The molecule has 0 saturated carbocycles. The van der Waals surface area contributed by atoms with E-state index in [1.54, 1.807) is 48.8 Å². The molecule has 46 heavy (non-hydrogen) atoms. The number of nitrogens with zero attached hydrogens (tertiary/aromatic N) is 2. The second kappa shape index (κ2) is 20.7. The van der Waals surface area contributed by atoms with E-state index in [-0.39, 0.29) is 30.3 Å². The van der Waals surface area contributed by atoms with Gasteiger partial charge in [-0.3, -0.25) is 19.6 Å². The molecule has 12 nitrogen and oxygen atoms in total. The lowest BCUT2D eigenvalue weighted by molar-refractivity contribution is 0.0591. The molecule has 0 unspecified atom stereocenters. The highest BCUT2D eigenvalue weighted by Gasteiger charge is 2.09. The van der Waals surface area contributed by atoms with Gasteiger partial charge >= 0.3 is 11.9 Å². The van der Waals surface area contributed by atoms with Gasteiger partial charge in [0.25, 0.3) is 0 Å². The van der Waals surface area contributed by atoms with E-state index in [2.05, 4.69) is 19.4 Å². The molecule has 2 aromatic heterocycles. The predicted molar refractivity (Wildman–Crippen MR) is 171 cm³/mol. The summed E-state index contributed by atoms with van der Waals surface area (Å²) in [6, 6.07) is 12.7. The van der Waals surface area contributed by atoms with E-state index >= 15 is 0 Å². The lowest BCUT2D eigenvalue weighted by atomic mass is 10.2. The van der Waals surface area contributed by atoms with Crippen LogP contribution in [0, 0.1) is 0 Å². The molecule has 4 rings (SSSR count). The summed E-state index contributed by atoms with van der Waals surface area (Å²) >= 11 is 5.55. The smallest absolute Gasteiger partial charge is 0.339 e. The van der Waals surface area contributed by atoms with Gasteiger partial charge in [0.05, 0.1) is 50.7 Å².